The summed E-state index contributed by atoms with van der Waals surface area (Å²) in [6, 6.07) is 11.1. The largest absolute Gasteiger partial charge is 0.368 e. The van der Waals surface area contributed by atoms with E-state index in [1.165, 1.54) is 4.90 Å². The van der Waals surface area contributed by atoms with E-state index in [2.05, 4.69) is 15.3 Å². The maximum Gasteiger partial charge on any atom is 0.243 e. The molecule has 3 atom stereocenters. The minimum atomic E-state index is -1.02. The molecule has 0 aliphatic carbocycles. The van der Waals surface area contributed by atoms with Crippen LogP contribution in [0.2, 0.25) is 0 Å². The van der Waals surface area contributed by atoms with Gasteiger partial charge in [-0.15, -0.1) is 0 Å². The third kappa shape index (κ3) is 9.39. The number of nitrogens with zero attached hydrogens (tertiary/aromatic N) is 3. The van der Waals surface area contributed by atoms with Crippen LogP contribution in [-0.4, -0.2) is 75.6 Å². The summed E-state index contributed by atoms with van der Waals surface area (Å²) < 4.78 is 0. The van der Waals surface area contributed by atoms with Crippen LogP contribution in [0.15, 0.2) is 54.9 Å². The standard InChI is InChI=1S/C34H48N6O4/c1-6-16-40(17-7-2)31(41)20-24(18-23(3)4)34(44)39(5)30(19-25-22-37-28-14-9-8-13-27(25)28)33(43)38-29(32(35)42)21-26-12-10-11-15-36-26/h8-15,22-24,29-30,37H,6-7,16-21H2,1-5H3,(H2,35,42)(H,38,43). The smallest absolute Gasteiger partial charge is 0.243 e. The lowest BCUT2D eigenvalue weighted by atomic mass is 9.91. The summed E-state index contributed by atoms with van der Waals surface area (Å²) in [6.45, 7) is 9.38. The average molecular weight is 605 g/mol. The zero-order chi connectivity index (χ0) is 32.2. The van der Waals surface area contributed by atoms with E-state index in [4.69, 9.17) is 5.73 Å². The Morgan fingerprint density at radius 3 is 2.27 bits per heavy atom. The van der Waals surface area contributed by atoms with Crippen LogP contribution in [-0.2, 0) is 32.0 Å². The molecule has 0 aliphatic rings. The van der Waals surface area contributed by atoms with Gasteiger partial charge in [0.1, 0.15) is 12.1 Å². The normalized spacial score (nSPS) is 13.3. The monoisotopic (exact) mass is 604 g/mol. The molecule has 2 aromatic heterocycles. The van der Waals surface area contributed by atoms with Gasteiger partial charge in [0.05, 0.1) is 0 Å². The summed E-state index contributed by atoms with van der Waals surface area (Å²) in [7, 11) is 1.60. The number of nitrogens with one attached hydrogen (secondary N) is 2. The molecule has 0 spiro atoms. The fourth-order valence-corrected chi connectivity index (χ4v) is 5.66. The molecule has 3 rings (SSSR count). The van der Waals surface area contributed by atoms with Crippen molar-refractivity contribution in [3.63, 3.8) is 0 Å². The van der Waals surface area contributed by atoms with Crippen LogP contribution in [0.4, 0.5) is 0 Å². The number of rotatable bonds is 17. The molecule has 4 amide bonds. The van der Waals surface area contributed by atoms with Gasteiger partial charge in [-0.05, 0) is 48.9 Å². The van der Waals surface area contributed by atoms with Crippen molar-refractivity contribution in [2.24, 2.45) is 17.6 Å². The summed E-state index contributed by atoms with van der Waals surface area (Å²) in [5.74, 6) is -1.96. The predicted molar refractivity (Wildman–Crippen MR) is 172 cm³/mol. The highest BCUT2D eigenvalue weighted by Crippen LogP contribution is 2.24. The zero-order valence-corrected chi connectivity index (χ0v) is 26.7. The van der Waals surface area contributed by atoms with Crippen LogP contribution >= 0.6 is 0 Å². The fraction of sp³-hybridized carbons (Fsp3) is 0.500. The summed E-state index contributed by atoms with van der Waals surface area (Å²) in [4.78, 5) is 64.7. The Balaban J connectivity index is 1.93. The van der Waals surface area contributed by atoms with Crippen molar-refractivity contribution in [3.8, 4) is 0 Å². The van der Waals surface area contributed by atoms with Gasteiger partial charge in [0.25, 0.3) is 0 Å². The summed E-state index contributed by atoms with van der Waals surface area (Å²) in [5, 5.41) is 3.74. The van der Waals surface area contributed by atoms with E-state index in [9.17, 15) is 19.2 Å². The molecule has 1 aromatic carbocycles. The first-order valence-corrected chi connectivity index (χ1v) is 15.6. The lowest BCUT2D eigenvalue weighted by Gasteiger charge is -2.33. The number of hydrogen-bond acceptors (Lipinski definition) is 5. The molecular formula is C34H48N6O4. The minimum Gasteiger partial charge on any atom is -0.368 e. The van der Waals surface area contributed by atoms with E-state index in [-0.39, 0.29) is 37.0 Å². The molecule has 10 nitrogen and oxygen atoms in total. The number of para-hydroxylation sites is 1. The van der Waals surface area contributed by atoms with Crippen LogP contribution < -0.4 is 11.1 Å². The van der Waals surface area contributed by atoms with Gasteiger partial charge in [0, 0.05) is 74.3 Å². The molecule has 10 heteroatoms. The zero-order valence-electron chi connectivity index (χ0n) is 26.7. The molecular weight excluding hydrogens is 556 g/mol. The number of nitrogens with two attached hydrogens (primary N) is 1. The lowest BCUT2D eigenvalue weighted by Crippen LogP contribution is -2.55. The Bertz CT molecular complexity index is 1380. The maximum atomic E-state index is 14.2. The maximum absolute atomic E-state index is 14.2. The number of benzene rings is 1. The Labute approximate surface area is 260 Å². The van der Waals surface area contributed by atoms with Gasteiger partial charge < -0.3 is 25.8 Å². The number of aromatic nitrogens is 2. The molecule has 0 aliphatic heterocycles. The van der Waals surface area contributed by atoms with Gasteiger partial charge in [-0.1, -0.05) is 52.0 Å². The van der Waals surface area contributed by atoms with E-state index in [0.717, 1.165) is 29.3 Å². The average Bonchev–Trinajstić information content (AvgIpc) is 3.41. The highest BCUT2D eigenvalue weighted by Gasteiger charge is 2.35. The summed E-state index contributed by atoms with van der Waals surface area (Å²) >= 11 is 0. The molecule has 0 bridgehead atoms. The topological polar surface area (TPSA) is 141 Å². The van der Waals surface area contributed by atoms with E-state index in [1.54, 1.807) is 31.4 Å². The lowest BCUT2D eigenvalue weighted by molar-refractivity contribution is -0.145. The first-order chi connectivity index (χ1) is 21.0. The van der Waals surface area contributed by atoms with Crippen molar-refractivity contribution in [3.05, 3.63) is 66.1 Å². The van der Waals surface area contributed by atoms with Gasteiger partial charge in [0.2, 0.25) is 23.6 Å². The second-order valence-electron chi connectivity index (χ2n) is 11.9. The van der Waals surface area contributed by atoms with Crippen molar-refractivity contribution < 1.29 is 19.2 Å². The quantitative estimate of drug-likeness (QED) is 0.215. The van der Waals surface area contributed by atoms with Crippen molar-refractivity contribution >= 4 is 34.5 Å². The van der Waals surface area contributed by atoms with Crippen LogP contribution in [0.3, 0.4) is 0 Å². The van der Waals surface area contributed by atoms with Crippen LogP contribution in [0.1, 0.15) is 64.6 Å². The van der Waals surface area contributed by atoms with Crippen LogP contribution in [0.25, 0.3) is 10.9 Å². The Kier molecular flexibility index (Phi) is 12.9. The first kappa shape index (κ1) is 34.3. The highest BCUT2D eigenvalue weighted by atomic mass is 16.2. The number of aromatic amines is 1. The molecule has 4 N–H and O–H groups in total. The second kappa shape index (κ2) is 16.6. The van der Waals surface area contributed by atoms with E-state index < -0.39 is 29.8 Å². The number of likely N-dealkylation sites (N-methyl/N-ethyl adjacent to an activating group) is 1. The van der Waals surface area contributed by atoms with Gasteiger partial charge in [0.15, 0.2) is 0 Å². The first-order valence-electron chi connectivity index (χ1n) is 15.6. The predicted octanol–water partition coefficient (Wildman–Crippen LogP) is 3.85. The number of carbonyl (C=O) groups is 4. The number of pyridine rings is 1. The molecule has 2 heterocycles. The van der Waals surface area contributed by atoms with Gasteiger partial charge in [-0.25, -0.2) is 0 Å². The molecule has 3 unspecified atom stereocenters. The summed E-state index contributed by atoms with van der Waals surface area (Å²) in [5.41, 5.74) is 8.08. The van der Waals surface area contributed by atoms with E-state index >= 15 is 0 Å². The molecule has 3 aromatic rings. The van der Waals surface area contributed by atoms with Gasteiger partial charge in [-0.3, -0.25) is 24.2 Å². The Morgan fingerprint density at radius 2 is 1.66 bits per heavy atom. The molecule has 0 fully saturated rings. The van der Waals surface area contributed by atoms with Crippen molar-refractivity contribution in [1.82, 2.24) is 25.1 Å². The van der Waals surface area contributed by atoms with Crippen molar-refractivity contribution in [2.75, 3.05) is 20.1 Å². The van der Waals surface area contributed by atoms with Crippen LogP contribution in [0.5, 0.6) is 0 Å². The number of fused-ring (bicyclic) bond motifs is 1. The van der Waals surface area contributed by atoms with Gasteiger partial charge >= 0.3 is 0 Å². The summed E-state index contributed by atoms with van der Waals surface area (Å²) in [6.07, 6.45) is 6.02. The third-order valence-corrected chi connectivity index (χ3v) is 7.87. The van der Waals surface area contributed by atoms with E-state index in [0.29, 0.717) is 25.2 Å². The van der Waals surface area contributed by atoms with E-state index in [1.807, 2.05) is 63.1 Å². The SMILES string of the molecule is CCCN(CCC)C(=O)CC(CC(C)C)C(=O)N(C)C(Cc1c[nH]c2ccccc12)C(=O)NC(Cc1ccccn1)C(N)=O. The van der Waals surface area contributed by atoms with Crippen molar-refractivity contribution in [2.45, 2.75) is 78.3 Å². The number of hydrogen-bond donors (Lipinski definition) is 3. The molecule has 0 radical (unpaired) electrons. The minimum absolute atomic E-state index is 0.0529. The number of primary amides is 1. The number of carbonyl (C=O) groups excluding carboxylic acids is 4. The Hall–Kier alpha value is -4.21. The fourth-order valence-electron chi connectivity index (χ4n) is 5.66. The molecule has 238 valence electrons. The molecule has 44 heavy (non-hydrogen) atoms. The molecule has 0 saturated carbocycles. The Morgan fingerprint density at radius 1 is 0.977 bits per heavy atom. The second-order valence-corrected chi connectivity index (χ2v) is 11.9. The third-order valence-electron chi connectivity index (χ3n) is 7.87. The number of H-pyrrole nitrogens is 1. The van der Waals surface area contributed by atoms with Crippen LogP contribution in [0, 0.1) is 11.8 Å². The van der Waals surface area contributed by atoms with Gasteiger partial charge in [-0.2, -0.15) is 0 Å². The molecule has 0 saturated heterocycles. The van der Waals surface area contributed by atoms with Crippen molar-refractivity contribution in [1.29, 1.82) is 0 Å². The highest BCUT2D eigenvalue weighted by molar-refractivity contribution is 5.94. The number of amides is 4.